The van der Waals surface area contributed by atoms with Crippen molar-refractivity contribution in [2.24, 2.45) is 29.1 Å². The van der Waals surface area contributed by atoms with Crippen LogP contribution in [0, 0.1) is 41.4 Å². The molecule has 4 aliphatic rings. The molecule has 0 amide bonds. The second-order valence-corrected chi connectivity index (χ2v) is 8.10. The molecule has 2 saturated carbocycles. The van der Waals surface area contributed by atoms with Crippen LogP contribution < -0.4 is 0 Å². The number of ketones is 1. The zero-order chi connectivity index (χ0) is 14.6. The molecule has 2 fully saturated rings. The van der Waals surface area contributed by atoms with Gasteiger partial charge in [-0.2, -0.15) is 0 Å². The molecule has 0 aliphatic heterocycles. The Hall–Kier alpha value is -1.03. The van der Waals surface area contributed by atoms with Gasteiger partial charge < -0.3 is 0 Å². The average Bonchev–Trinajstić information content (AvgIpc) is 2.83. The maximum atomic E-state index is 11.7. The third-order valence-corrected chi connectivity index (χ3v) is 7.40. The smallest absolute Gasteiger partial charge is 0.137 e. The molecule has 0 aromatic carbocycles. The summed E-state index contributed by atoms with van der Waals surface area (Å²) in [6.45, 7) is 2.47. The van der Waals surface area contributed by atoms with Crippen LogP contribution in [0.1, 0.15) is 64.7 Å². The molecular formula is C20H26O. The number of terminal acetylenes is 1. The number of carbonyl (C=O) groups excluding carboxylic acids is 1. The molecule has 5 atom stereocenters. The van der Waals surface area contributed by atoms with Crippen LogP contribution >= 0.6 is 0 Å². The molecule has 0 aromatic heterocycles. The fourth-order valence-electron chi connectivity index (χ4n) is 6.32. The largest absolute Gasteiger partial charge is 0.299 e. The van der Waals surface area contributed by atoms with Gasteiger partial charge in [0.25, 0.3) is 0 Å². The molecule has 1 heteroatoms. The minimum Gasteiger partial charge on any atom is -0.299 e. The van der Waals surface area contributed by atoms with E-state index in [1.807, 2.05) is 0 Å². The number of hydrogen-bond donors (Lipinski definition) is 0. The third kappa shape index (κ3) is 1.88. The fraction of sp³-hybridized carbons (Fsp3) is 0.750. The first-order chi connectivity index (χ1) is 10.1. The SMILES string of the molecule is C#C[C@@H]1CC[C@H]2[C@@H]3CCC4=C(CCC(=O)C4)[C@H]3CC[C@]12C. The van der Waals surface area contributed by atoms with E-state index in [-0.39, 0.29) is 0 Å². The van der Waals surface area contributed by atoms with Crippen LogP contribution in [0.25, 0.3) is 0 Å². The summed E-state index contributed by atoms with van der Waals surface area (Å²) in [4.78, 5) is 11.7. The number of Topliss-reactive ketones (excluding diaryl/α,β-unsaturated/α-hetero) is 1. The van der Waals surface area contributed by atoms with Gasteiger partial charge in [-0.25, -0.2) is 0 Å². The van der Waals surface area contributed by atoms with Gasteiger partial charge in [-0.1, -0.05) is 18.1 Å². The molecule has 0 aromatic rings. The molecule has 1 nitrogen and oxygen atoms in total. The second-order valence-electron chi connectivity index (χ2n) is 8.10. The highest BCUT2D eigenvalue weighted by molar-refractivity contribution is 5.82. The molecule has 4 rings (SSSR count). The number of allylic oxidation sites excluding steroid dienone is 2. The third-order valence-electron chi connectivity index (χ3n) is 7.40. The number of hydrogen-bond acceptors (Lipinski definition) is 1. The van der Waals surface area contributed by atoms with Crippen molar-refractivity contribution in [1.29, 1.82) is 0 Å². The highest BCUT2D eigenvalue weighted by atomic mass is 16.1. The van der Waals surface area contributed by atoms with Crippen LogP contribution in [0.4, 0.5) is 0 Å². The summed E-state index contributed by atoms with van der Waals surface area (Å²) in [6, 6.07) is 0. The highest BCUT2D eigenvalue weighted by Crippen LogP contribution is 2.62. The topological polar surface area (TPSA) is 17.1 Å². The van der Waals surface area contributed by atoms with Crippen LogP contribution in [-0.4, -0.2) is 5.78 Å². The quantitative estimate of drug-likeness (QED) is 0.471. The number of fused-ring (bicyclic) bond motifs is 4. The Morgan fingerprint density at radius 2 is 2.00 bits per heavy atom. The van der Waals surface area contributed by atoms with Crippen LogP contribution in [0.15, 0.2) is 11.1 Å². The average molecular weight is 282 g/mol. The predicted octanol–water partition coefficient (Wildman–Crippen LogP) is 4.52. The monoisotopic (exact) mass is 282 g/mol. The Balaban J connectivity index is 1.65. The molecule has 21 heavy (non-hydrogen) atoms. The van der Waals surface area contributed by atoms with E-state index < -0.39 is 0 Å². The van der Waals surface area contributed by atoms with Gasteiger partial charge in [0.2, 0.25) is 0 Å². The van der Waals surface area contributed by atoms with Gasteiger partial charge in [0.15, 0.2) is 0 Å². The molecule has 0 bridgehead atoms. The van der Waals surface area contributed by atoms with Crippen molar-refractivity contribution in [3.8, 4) is 12.3 Å². The van der Waals surface area contributed by atoms with Crippen LogP contribution in [0.3, 0.4) is 0 Å². The van der Waals surface area contributed by atoms with E-state index in [0.29, 0.717) is 17.1 Å². The molecular weight excluding hydrogens is 256 g/mol. The Kier molecular flexibility index (Phi) is 3.07. The number of carbonyl (C=O) groups is 1. The fourth-order valence-corrected chi connectivity index (χ4v) is 6.32. The van der Waals surface area contributed by atoms with Crippen molar-refractivity contribution in [3.63, 3.8) is 0 Å². The zero-order valence-corrected chi connectivity index (χ0v) is 13.2. The lowest BCUT2D eigenvalue weighted by molar-refractivity contribution is -0.119. The highest BCUT2D eigenvalue weighted by Gasteiger charge is 2.54. The van der Waals surface area contributed by atoms with Crippen LogP contribution in [0.2, 0.25) is 0 Å². The summed E-state index contributed by atoms with van der Waals surface area (Å²) in [5, 5.41) is 0. The van der Waals surface area contributed by atoms with E-state index >= 15 is 0 Å². The first kappa shape index (κ1) is 13.6. The Bertz CT molecular complexity index is 549. The van der Waals surface area contributed by atoms with Crippen LogP contribution in [-0.2, 0) is 4.79 Å². The van der Waals surface area contributed by atoms with Gasteiger partial charge in [-0.15, -0.1) is 12.3 Å². The lowest BCUT2D eigenvalue weighted by atomic mass is 9.53. The summed E-state index contributed by atoms with van der Waals surface area (Å²) in [5.74, 6) is 6.57. The maximum absolute atomic E-state index is 11.7. The molecule has 0 heterocycles. The lowest BCUT2D eigenvalue weighted by Gasteiger charge is -2.51. The van der Waals surface area contributed by atoms with Gasteiger partial charge in [0.05, 0.1) is 0 Å². The Labute approximate surface area is 128 Å². The molecule has 112 valence electrons. The molecule has 0 N–H and O–H groups in total. The molecule has 4 aliphatic carbocycles. The van der Waals surface area contributed by atoms with Crippen molar-refractivity contribution in [2.75, 3.05) is 0 Å². The molecule has 0 saturated heterocycles. The van der Waals surface area contributed by atoms with E-state index in [4.69, 9.17) is 6.42 Å². The van der Waals surface area contributed by atoms with E-state index in [0.717, 1.165) is 37.0 Å². The van der Waals surface area contributed by atoms with E-state index in [1.54, 1.807) is 5.57 Å². The summed E-state index contributed by atoms with van der Waals surface area (Å²) < 4.78 is 0. The summed E-state index contributed by atoms with van der Waals surface area (Å²) in [7, 11) is 0. The Morgan fingerprint density at radius 3 is 2.81 bits per heavy atom. The summed E-state index contributed by atoms with van der Waals surface area (Å²) >= 11 is 0. The summed E-state index contributed by atoms with van der Waals surface area (Å²) in [6.07, 6.45) is 16.2. The second kappa shape index (κ2) is 4.73. The van der Waals surface area contributed by atoms with Crippen molar-refractivity contribution in [3.05, 3.63) is 11.1 Å². The molecule has 0 radical (unpaired) electrons. The van der Waals surface area contributed by atoms with Gasteiger partial charge in [0, 0.05) is 18.8 Å². The first-order valence-electron chi connectivity index (χ1n) is 8.82. The lowest BCUT2D eigenvalue weighted by Crippen LogP contribution is -2.43. The standard InChI is InChI=1S/C20H26O/c1-3-14-5-9-19-18-7-4-13-12-15(21)6-8-16(13)17(18)10-11-20(14,19)2/h1,14,17-19H,4-12H2,2H3/t14-,17-,18-,19+,20-/m1/s1. The van der Waals surface area contributed by atoms with Crippen molar-refractivity contribution < 1.29 is 4.79 Å². The molecule has 0 spiro atoms. The van der Waals surface area contributed by atoms with E-state index in [1.165, 1.54) is 44.1 Å². The van der Waals surface area contributed by atoms with Gasteiger partial charge >= 0.3 is 0 Å². The van der Waals surface area contributed by atoms with Crippen LogP contribution in [0.5, 0.6) is 0 Å². The first-order valence-corrected chi connectivity index (χ1v) is 8.82. The molecule has 0 unspecified atom stereocenters. The minimum absolute atomic E-state index is 0.401. The Morgan fingerprint density at radius 1 is 1.14 bits per heavy atom. The van der Waals surface area contributed by atoms with Gasteiger partial charge in [0.1, 0.15) is 5.78 Å². The predicted molar refractivity (Wildman–Crippen MR) is 84.5 cm³/mol. The van der Waals surface area contributed by atoms with Gasteiger partial charge in [-0.3, -0.25) is 4.79 Å². The van der Waals surface area contributed by atoms with E-state index in [9.17, 15) is 4.79 Å². The van der Waals surface area contributed by atoms with Gasteiger partial charge in [-0.05, 0) is 68.1 Å². The van der Waals surface area contributed by atoms with E-state index in [2.05, 4.69) is 12.8 Å². The minimum atomic E-state index is 0.401. The van der Waals surface area contributed by atoms with Crippen molar-refractivity contribution in [1.82, 2.24) is 0 Å². The van der Waals surface area contributed by atoms with Crippen molar-refractivity contribution >= 4 is 5.78 Å². The normalized spacial score (nSPS) is 45.6. The maximum Gasteiger partial charge on any atom is 0.137 e. The summed E-state index contributed by atoms with van der Waals surface area (Å²) in [5.41, 5.74) is 3.64. The zero-order valence-electron chi connectivity index (χ0n) is 13.2. The number of rotatable bonds is 0. The van der Waals surface area contributed by atoms with Crippen molar-refractivity contribution in [2.45, 2.75) is 64.7 Å².